The highest BCUT2D eigenvalue weighted by Gasteiger charge is 2.19. The van der Waals surface area contributed by atoms with Crippen LogP contribution in [0.2, 0.25) is 0 Å². The maximum absolute atomic E-state index is 13.0. The molecule has 2 aromatic carbocycles. The fourth-order valence-corrected chi connectivity index (χ4v) is 4.18. The number of hydrogen-bond donors (Lipinski definition) is 2. The molecule has 0 amide bonds. The van der Waals surface area contributed by atoms with E-state index in [9.17, 15) is 17.6 Å². The van der Waals surface area contributed by atoms with E-state index in [0.29, 0.717) is 10.6 Å². The normalized spacial score (nSPS) is 11.2. The molecule has 0 aliphatic carbocycles. The zero-order valence-corrected chi connectivity index (χ0v) is 14.1. The SMILES string of the molecule is O=C(O)c1cccc(NS(=O)(=O)c2csc(-c3ccc(F)cc3)n2)c1. The molecule has 128 valence electrons. The number of benzene rings is 2. The number of nitrogens with one attached hydrogen (secondary N) is 1. The van der Waals surface area contributed by atoms with Gasteiger partial charge in [-0.05, 0) is 42.5 Å². The van der Waals surface area contributed by atoms with Crippen LogP contribution in [0.5, 0.6) is 0 Å². The van der Waals surface area contributed by atoms with Crippen molar-refractivity contribution in [3.05, 3.63) is 65.3 Å². The molecule has 1 aromatic heterocycles. The van der Waals surface area contributed by atoms with E-state index in [1.165, 1.54) is 53.9 Å². The fraction of sp³-hybridized carbons (Fsp3) is 0. The van der Waals surface area contributed by atoms with Crippen molar-refractivity contribution in [2.75, 3.05) is 4.72 Å². The van der Waals surface area contributed by atoms with Gasteiger partial charge in [0.2, 0.25) is 0 Å². The molecule has 0 aliphatic heterocycles. The van der Waals surface area contributed by atoms with Gasteiger partial charge >= 0.3 is 5.97 Å². The third-order valence-electron chi connectivity index (χ3n) is 3.21. The van der Waals surface area contributed by atoms with E-state index in [2.05, 4.69) is 9.71 Å². The molecule has 3 aromatic rings. The van der Waals surface area contributed by atoms with Gasteiger partial charge in [0, 0.05) is 16.6 Å². The van der Waals surface area contributed by atoms with Gasteiger partial charge in [-0.25, -0.2) is 14.2 Å². The van der Waals surface area contributed by atoms with Crippen LogP contribution in [-0.2, 0) is 10.0 Å². The van der Waals surface area contributed by atoms with Crippen molar-refractivity contribution in [1.29, 1.82) is 0 Å². The number of carboxylic acid groups (broad SMARTS) is 1. The van der Waals surface area contributed by atoms with E-state index in [4.69, 9.17) is 5.11 Å². The summed E-state index contributed by atoms with van der Waals surface area (Å²) in [5, 5.41) is 10.6. The second kappa shape index (κ2) is 6.61. The largest absolute Gasteiger partial charge is 0.478 e. The molecular weight excluding hydrogens is 367 g/mol. The Morgan fingerprint density at radius 3 is 2.56 bits per heavy atom. The molecule has 0 saturated carbocycles. The predicted molar refractivity (Wildman–Crippen MR) is 91.7 cm³/mol. The predicted octanol–water partition coefficient (Wildman–Crippen LogP) is 3.45. The summed E-state index contributed by atoms with van der Waals surface area (Å²) >= 11 is 1.11. The topological polar surface area (TPSA) is 96.4 Å². The van der Waals surface area contributed by atoms with Crippen LogP contribution < -0.4 is 4.72 Å². The Balaban J connectivity index is 1.87. The highest BCUT2D eigenvalue weighted by molar-refractivity contribution is 7.92. The van der Waals surface area contributed by atoms with Crippen LogP contribution in [0.25, 0.3) is 10.6 Å². The van der Waals surface area contributed by atoms with Crippen LogP contribution in [0.1, 0.15) is 10.4 Å². The van der Waals surface area contributed by atoms with Gasteiger partial charge in [0.05, 0.1) is 5.56 Å². The number of hydrogen-bond acceptors (Lipinski definition) is 5. The molecule has 6 nitrogen and oxygen atoms in total. The quantitative estimate of drug-likeness (QED) is 0.709. The first kappa shape index (κ1) is 17.1. The molecule has 2 N–H and O–H groups in total. The number of anilines is 1. The van der Waals surface area contributed by atoms with E-state index in [1.54, 1.807) is 0 Å². The lowest BCUT2D eigenvalue weighted by Crippen LogP contribution is -2.13. The van der Waals surface area contributed by atoms with Gasteiger partial charge in [-0.3, -0.25) is 4.72 Å². The smallest absolute Gasteiger partial charge is 0.335 e. The van der Waals surface area contributed by atoms with E-state index in [0.717, 1.165) is 11.3 Å². The van der Waals surface area contributed by atoms with Crippen molar-refractivity contribution in [2.24, 2.45) is 0 Å². The third kappa shape index (κ3) is 3.83. The lowest BCUT2D eigenvalue weighted by molar-refractivity contribution is 0.0697. The molecule has 0 unspecified atom stereocenters. The summed E-state index contributed by atoms with van der Waals surface area (Å²) < 4.78 is 40.1. The standard InChI is InChI=1S/C16H11FN2O4S2/c17-12-6-4-10(5-7-12)15-18-14(9-24-15)25(22,23)19-13-3-1-2-11(8-13)16(20)21/h1-9,19H,(H,20,21). The highest BCUT2D eigenvalue weighted by Crippen LogP contribution is 2.27. The first-order chi connectivity index (χ1) is 11.8. The van der Waals surface area contributed by atoms with Gasteiger partial charge in [-0.2, -0.15) is 8.42 Å². The summed E-state index contributed by atoms with van der Waals surface area (Å²) in [4.78, 5) is 15.0. The van der Waals surface area contributed by atoms with Gasteiger partial charge in [-0.1, -0.05) is 6.07 Å². The first-order valence-corrected chi connectivity index (χ1v) is 9.29. The van der Waals surface area contributed by atoms with Gasteiger partial charge < -0.3 is 5.11 Å². The number of nitrogens with zero attached hydrogens (tertiary/aromatic N) is 1. The van der Waals surface area contributed by atoms with Crippen LogP contribution in [0.15, 0.2) is 58.9 Å². The fourth-order valence-electron chi connectivity index (χ4n) is 2.03. The lowest BCUT2D eigenvalue weighted by Gasteiger charge is -2.06. The average Bonchev–Trinajstić information content (AvgIpc) is 3.06. The van der Waals surface area contributed by atoms with Gasteiger partial charge in [0.15, 0.2) is 5.03 Å². The van der Waals surface area contributed by atoms with Crippen LogP contribution in [0.4, 0.5) is 10.1 Å². The molecule has 9 heteroatoms. The first-order valence-electron chi connectivity index (χ1n) is 6.93. The minimum absolute atomic E-state index is 0.0366. The number of carboxylic acids is 1. The number of sulfonamides is 1. The van der Waals surface area contributed by atoms with E-state index in [-0.39, 0.29) is 16.3 Å². The van der Waals surface area contributed by atoms with Crippen LogP contribution in [-0.4, -0.2) is 24.5 Å². The Morgan fingerprint density at radius 1 is 1.16 bits per heavy atom. The Hall–Kier alpha value is -2.78. The van der Waals surface area contributed by atoms with E-state index >= 15 is 0 Å². The molecule has 3 rings (SSSR count). The number of rotatable bonds is 5. The molecular formula is C16H11FN2O4S2. The minimum Gasteiger partial charge on any atom is -0.478 e. The Morgan fingerprint density at radius 2 is 1.88 bits per heavy atom. The number of thiazole rings is 1. The van der Waals surface area contributed by atoms with Crippen molar-refractivity contribution < 1.29 is 22.7 Å². The molecule has 25 heavy (non-hydrogen) atoms. The molecule has 0 spiro atoms. The van der Waals surface area contributed by atoms with Gasteiger partial charge in [0.25, 0.3) is 10.0 Å². The molecule has 0 fully saturated rings. The van der Waals surface area contributed by atoms with Crippen molar-refractivity contribution >= 4 is 33.0 Å². The minimum atomic E-state index is -3.97. The second-order valence-corrected chi connectivity index (χ2v) is 7.48. The number of aromatic carboxylic acids is 1. The summed E-state index contributed by atoms with van der Waals surface area (Å²) in [5.74, 6) is -1.55. The number of carbonyl (C=O) groups is 1. The molecule has 0 aliphatic rings. The second-order valence-electron chi connectivity index (χ2n) is 4.99. The van der Waals surface area contributed by atoms with Crippen molar-refractivity contribution in [3.63, 3.8) is 0 Å². The summed E-state index contributed by atoms with van der Waals surface area (Å²) in [5.41, 5.74) is 0.683. The van der Waals surface area contributed by atoms with Crippen molar-refractivity contribution in [1.82, 2.24) is 4.98 Å². The highest BCUT2D eigenvalue weighted by atomic mass is 32.2. The molecule has 0 atom stereocenters. The van der Waals surface area contributed by atoms with E-state index in [1.807, 2.05) is 0 Å². The van der Waals surface area contributed by atoms with Gasteiger partial charge in [-0.15, -0.1) is 11.3 Å². The third-order valence-corrected chi connectivity index (χ3v) is 5.52. The molecule has 0 bridgehead atoms. The summed E-state index contributed by atoms with van der Waals surface area (Å²) in [6.45, 7) is 0. The zero-order valence-electron chi connectivity index (χ0n) is 12.5. The monoisotopic (exact) mass is 378 g/mol. The lowest BCUT2D eigenvalue weighted by atomic mass is 10.2. The van der Waals surface area contributed by atoms with Crippen molar-refractivity contribution in [2.45, 2.75) is 5.03 Å². The van der Waals surface area contributed by atoms with Crippen LogP contribution in [0.3, 0.4) is 0 Å². The molecule has 0 radical (unpaired) electrons. The van der Waals surface area contributed by atoms with Crippen LogP contribution >= 0.6 is 11.3 Å². The zero-order chi connectivity index (χ0) is 18.0. The van der Waals surface area contributed by atoms with Crippen molar-refractivity contribution in [3.8, 4) is 10.6 Å². The Kier molecular flexibility index (Phi) is 4.51. The van der Waals surface area contributed by atoms with Crippen LogP contribution in [0, 0.1) is 5.82 Å². The summed E-state index contributed by atoms with van der Waals surface area (Å²) in [6.07, 6.45) is 0. The molecule has 0 saturated heterocycles. The maximum Gasteiger partial charge on any atom is 0.335 e. The Bertz CT molecular complexity index is 1030. The average molecular weight is 378 g/mol. The molecule has 1 heterocycles. The number of aromatic nitrogens is 1. The maximum atomic E-state index is 13.0. The summed E-state index contributed by atoms with van der Waals surface area (Å²) in [7, 11) is -3.97. The van der Waals surface area contributed by atoms with Gasteiger partial charge in [0.1, 0.15) is 10.8 Å². The Labute approximate surface area is 146 Å². The number of halogens is 1. The summed E-state index contributed by atoms with van der Waals surface area (Å²) in [6, 6.07) is 11.0. The van der Waals surface area contributed by atoms with E-state index < -0.39 is 21.8 Å².